The molecule has 0 saturated carbocycles. The number of ether oxygens (including phenoxy) is 3. The number of H-pyrrole nitrogens is 1. The fraction of sp³-hybridized carbons (Fsp3) is 0.368. The molecule has 0 radical (unpaired) electrons. The van der Waals surface area contributed by atoms with Gasteiger partial charge in [-0.05, 0) is 49.6 Å². The highest BCUT2D eigenvalue weighted by atomic mass is 16.5. The van der Waals surface area contributed by atoms with Gasteiger partial charge in [-0.15, -0.1) is 0 Å². The predicted octanol–water partition coefficient (Wildman–Crippen LogP) is 2.41. The van der Waals surface area contributed by atoms with E-state index in [2.05, 4.69) is 10.3 Å². The Morgan fingerprint density at radius 2 is 1.85 bits per heavy atom. The van der Waals surface area contributed by atoms with Gasteiger partial charge < -0.3 is 24.5 Å². The summed E-state index contributed by atoms with van der Waals surface area (Å²) in [5.74, 6) is 0.727. The number of esters is 1. The van der Waals surface area contributed by atoms with E-state index in [1.54, 1.807) is 28.1 Å². The molecule has 140 valence electrons. The second-order valence-corrected chi connectivity index (χ2v) is 5.80. The molecule has 0 aliphatic heterocycles. The summed E-state index contributed by atoms with van der Waals surface area (Å²) in [5.41, 5.74) is 2.87. The molecule has 1 aromatic heterocycles. The molecular weight excluding hydrogens is 336 g/mol. The number of hydrogen-bond donors (Lipinski definition) is 2. The van der Waals surface area contributed by atoms with Gasteiger partial charge in [-0.25, -0.2) is 4.79 Å². The molecule has 0 aliphatic carbocycles. The number of aromatic nitrogens is 1. The standard InChI is InChI=1S/C19H24N2O5/c1-11-16(19(23)26-5)12(2)21-17(11)18(22)20-9-8-13-10-14(24-3)6-7-15(13)25-4/h6-7,10,21H,8-9H2,1-5H3,(H,20,22). The van der Waals surface area contributed by atoms with E-state index in [1.165, 1.54) is 7.11 Å². The van der Waals surface area contributed by atoms with Crippen LogP contribution in [0, 0.1) is 13.8 Å². The molecule has 0 bridgehead atoms. The van der Waals surface area contributed by atoms with Crippen molar-refractivity contribution in [1.29, 1.82) is 0 Å². The number of methoxy groups -OCH3 is 3. The van der Waals surface area contributed by atoms with Gasteiger partial charge in [0.15, 0.2) is 0 Å². The van der Waals surface area contributed by atoms with Crippen molar-refractivity contribution < 1.29 is 23.8 Å². The maximum atomic E-state index is 12.5. The second-order valence-electron chi connectivity index (χ2n) is 5.80. The third-order valence-corrected chi connectivity index (χ3v) is 4.22. The van der Waals surface area contributed by atoms with Gasteiger partial charge in [0.1, 0.15) is 17.2 Å². The van der Waals surface area contributed by atoms with Crippen molar-refractivity contribution in [2.45, 2.75) is 20.3 Å². The number of carbonyl (C=O) groups is 2. The molecule has 2 N–H and O–H groups in total. The highest BCUT2D eigenvalue weighted by Crippen LogP contribution is 2.24. The van der Waals surface area contributed by atoms with Crippen molar-refractivity contribution in [2.75, 3.05) is 27.9 Å². The molecule has 0 unspecified atom stereocenters. The maximum absolute atomic E-state index is 12.5. The topological polar surface area (TPSA) is 89.7 Å². The van der Waals surface area contributed by atoms with E-state index in [0.717, 1.165) is 17.1 Å². The van der Waals surface area contributed by atoms with Crippen molar-refractivity contribution >= 4 is 11.9 Å². The van der Waals surface area contributed by atoms with Crippen molar-refractivity contribution in [1.82, 2.24) is 10.3 Å². The average Bonchev–Trinajstić information content (AvgIpc) is 2.95. The van der Waals surface area contributed by atoms with Crippen LogP contribution in [0.5, 0.6) is 11.5 Å². The number of nitrogens with one attached hydrogen (secondary N) is 2. The van der Waals surface area contributed by atoms with Crippen molar-refractivity contribution in [3.63, 3.8) is 0 Å². The van der Waals surface area contributed by atoms with Crippen LogP contribution < -0.4 is 14.8 Å². The minimum absolute atomic E-state index is 0.275. The summed E-state index contributed by atoms with van der Waals surface area (Å²) >= 11 is 0. The zero-order valence-electron chi connectivity index (χ0n) is 15.7. The van der Waals surface area contributed by atoms with Crippen LogP contribution in [0.2, 0.25) is 0 Å². The van der Waals surface area contributed by atoms with Crippen LogP contribution >= 0.6 is 0 Å². The van der Waals surface area contributed by atoms with Crippen LogP contribution in [0.15, 0.2) is 18.2 Å². The van der Waals surface area contributed by atoms with Crippen molar-refractivity contribution in [3.05, 3.63) is 46.3 Å². The number of amides is 1. The fourth-order valence-corrected chi connectivity index (χ4v) is 2.86. The molecule has 2 rings (SSSR count). The summed E-state index contributed by atoms with van der Waals surface area (Å²) in [6.45, 7) is 3.86. The van der Waals surface area contributed by atoms with Gasteiger partial charge in [0, 0.05) is 12.2 Å². The molecule has 0 aliphatic rings. The van der Waals surface area contributed by atoms with Gasteiger partial charge in [0.05, 0.1) is 26.9 Å². The lowest BCUT2D eigenvalue weighted by atomic mass is 10.1. The summed E-state index contributed by atoms with van der Waals surface area (Å²) < 4.78 is 15.3. The molecule has 1 heterocycles. The number of benzene rings is 1. The Hall–Kier alpha value is -2.96. The summed E-state index contributed by atoms with van der Waals surface area (Å²) in [5, 5.41) is 2.86. The second kappa shape index (κ2) is 8.42. The highest BCUT2D eigenvalue weighted by Gasteiger charge is 2.22. The molecule has 7 nitrogen and oxygen atoms in total. The average molecular weight is 360 g/mol. The Kier molecular flexibility index (Phi) is 6.27. The first-order valence-electron chi connectivity index (χ1n) is 8.19. The number of aromatic amines is 1. The van der Waals surface area contributed by atoms with Crippen molar-refractivity contribution in [3.8, 4) is 11.5 Å². The first kappa shape index (κ1) is 19.4. The quantitative estimate of drug-likeness (QED) is 0.740. The van der Waals surface area contributed by atoms with Crippen LogP contribution in [0.4, 0.5) is 0 Å². The Morgan fingerprint density at radius 1 is 1.12 bits per heavy atom. The van der Waals surface area contributed by atoms with Crippen LogP contribution in [-0.4, -0.2) is 44.7 Å². The SMILES string of the molecule is COC(=O)c1c(C)[nH]c(C(=O)NCCc2cc(OC)ccc2OC)c1C. The Balaban J connectivity index is 2.07. The van der Waals surface area contributed by atoms with Gasteiger partial charge in [-0.1, -0.05) is 0 Å². The number of hydrogen-bond acceptors (Lipinski definition) is 5. The fourth-order valence-electron chi connectivity index (χ4n) is 2.86. The minimum atomic E-state index is -0.462. The molecule has 0 saturated heterocycles. The number of rotatable bonds is 7. The smallest absolute Gasteiger partial charge is 0.339 e. The number of aryl methyl sites for hydroxylation is 1. The largest absolute Gasteiger partial charge is 0.497 e. The molecule has 1 amide bonds. The predicted molar refractivity (Wildman–Crippen MR) is 97.2 cm³/mol. The molecule has 0 spiro atoms. The molecule has 0 fully saturated rings. The van der Waals surface area contributed by atoms with Gasteiger partial charge in [-0.3, -0.25) is 4.79 Å². The molecule has 26 heavy (non-hydrogen) atoms. The highest BCUT2D eigenvalue weighted by molar-refractivity contribution is 6.00. The first-order valence-corrected chi connectivity index (χ1v) is 8.19. The molecule has 7 heteroatoms. The summed E-state index contributed by atoms with van der Waals surface area (Å²) in [6, 6.07) is 5.53. The minimum Gasteiger partial charge on any atom is -0.497 e. The zero-order valence-corrected chi connectivity index (χ0v) is 15.7. The van der Waals surface area contributed by atoms with Gasteiger partial charge >= 0.3 is 5.97 Å². The molecule has 0 atom stereocenters. The third-order valence-electron chi connectivity index (χ3n) is 4.22. The Bertz CT molecular complexity index is 811. The summed E-state index contributed by atoms with van der Waals surface area (Å²) in [7, 11) is 4.52. The van der Waals surface area contributed by atoms with Gasteiger partial charge in [-0.2, -0.15) is 0 Å². The van der Waals surface area contributed by atoms with Crippen LogP contribution in [-0.2, 0) is 11.2 Å². The van der Waals surface area contributed by atoms with Crippen molar-refractivity contribution in [2.24, 2.45) is 0 Å². The van der Waals surface area contributed by atoms with E-state index in [9.17, 15) is 9.59 Å². The van der Waals surface area contributed by atoms with E-state index in [1.807, 2.05) is 18.2 Å². The monoisotopic (exact) mass is 360 g/mol. The van der Waals surface area contributed by atoms with Crippen LogP contribution in [0.1, 0.15) is 37.7 Å². The Morgan fingerprint density at radius 3 is 2.46 bits per heavy atom. The van der Waals surface area contributed by atoms with E-state index < -0.39 is 5.97 Å². The Labute approximate surface area is 152 Å². The zero-order chi connectivity index (χ0) is 19.3. The third kappa shape index (κ3) is 3.99. The summed E-state index contributed by atoms with van der Waals surface area (Å²) in [4.78, 5) is 27.2. The van der Waals surface area contributed by atoms with E-state index in [-0.39, 0.29) is 5.91 Å². The van der Waals surface area contributed by atoms with Gasteiger partial charge in [0.25, 0.3) is 5.91 Å². The normalized spacial score (nSPS) is 10.3. The van der Waals surface area contributed by atoms with Gasteiger partial charge in [0.2, 0.25) is 0 Å². The van der Waals surface area contributed by atoms with E-state index in [0.29, 0.717) is 35.5 Å². The molecular formula is C19H24N2O5. The van der Waals surface area contributed by atoms with E-state index >= 15 is 0 Å². The molecule has 1 aromatic carbocycles. The lowest BCUT2D eigenvalue weighted by molar-refractivity contribution is 0.0599. The number of carbonyl (C=O) groups excluding carboxylic acids is 2. The molecule has 2 aromatic rings. The van der Waals surface area contributed by atoms with Crippen LogP contribution in [0.25, 0.3) is 0 Å². The maximum Gasteiger partial charge on any atom is 0.339 e. The first-order chi connectivity index (χ1) is 12.4. The van der Waals surface area contributed by atoms with Crippen LogP contribution in [0.3, 0.4) is 0 Å². The summed E-state index contributed by atoms with van der Waals surface area (Å²) in [6.07, 6.45) is 0.578. The lowest BCUT2D eigenvalue weighted by Gasteiger charge is -2.11. The lowest BCUT2D eigenvalue weighted by Crippen LogP contribution is -2.26. The van der Waals surface area contributed by atoms with E-state index in [4.69, 9.17) is 14.2 Å².